The molecule has 1 aliphatic rings. The summed E-state index contributed by atoms with van der Waals surface area (Å²) in [6.07, 6.45) is 2.14. The van der Waals surface area contributed by atoms with Crippen LogP contribution in [-0.4, -0.2) is 37.0 Å². The van der Waals surface area contributed by atoms with Gasteiger partial charge in [0, 0.05) is 17.1 Å². The van der Waals surface area contributed by atoms with Crippen LogP contribution in [0.1, 0.15) is 11.3 Å². The fraction of sp³-hybridized carbons (Fsp3) is 0.333. The number of thiophene rings is 1. The second-order valence-corrected chi connectivity index (χ2v) is 9.02. The highest BCUT2D eigenvalue weighted by Crippen LogP contribution is 2.31. The van der Waals surface area contributed by atoms with Crippen molar-refractivity contribution < 1.29 is 13.2 Å². The summed E-state index contributed by atoms with van der Waals surface area (Å²) in [4.78, 5) is 18.6. The third kappa shape index (κ3) is 3.89. The summed E-state index contributed by atoms with van der Waals surface area (Å²) >= 11 is 1.60. The molecule has 23 heavy (non-hydrogen) atoms. The van der Waals surface area contributed by atoms with Crippen LogP contribution in [0.15, 0.2) is 30.5 Å². The van der Waals surface area contributed by atoms with E-state index >= 15 is 0 Å². The molecule has 0 bridgehead atoms. The second kappa shape index (κ2) is 6.29. The topological polar surface area (TPSA) is 88.2 Å². The fourth-order valence-electron chi connectivity index (χ4n) is 2.52. The van der Waals surface area contributed by atoms with Gasteiger partial charge >= 0.3 is 6.03 Å². The van der Waals surface area contributed by atoms with E-state index in [4.69, 9.17) is 0 Å². The lowest BCUT2D eigenvalue weighted by atomic mass is 10.2. The number of sulfone groups is 1. The Morgan fingerprint density at radius 2 is 2.17 bits per heavy atom. The van der Waals surface area contributed by atoms with Gasteiger partial charge in [0.1, 0.15) is 5.69 Å². The number of hydrogen-bond donors (Lipinski definition) is 2. The van der Waals surface area contributed by atoms with Crippen molar-refractivity contribution in [3.8, 4) is 10.6 Å². The number of pyridine rings is 1. The van der Waals surface area contributed by atoms with Crippen molar-refractivity contribution in [1.82, 2.24) is 10.3 Å². The predicted molar refractivity (Wildman–Crippen MR) is 91.5 cm³/mol. The summed E-state index contributed by atoms with van der Waals surface area (Å²) in [6.45, 7) is 2.01. The van der Waals surface area contributed by atoms with Gasteiger partial charge in [-0.25, -0.2) is 13.2 Å². The van der Waals surface area contributed by atoms with Crippen LogP contribution in [-0.2, 0) is 9.84 Å². The smallest absolute Gasteiger partial charge is 0.319 e. The molecule has 0 aromatic carbocycles. The molecule has 1 aliphatic heterocycles. The molecule has 1 atom stereocenters. The number of carbonyl (C=O) groups excluding carboxylic acids is 1. The van der Waals surface area contributed by atoms with Crippen LogP contribution in [0.2, 0.25) is 0 Å². The second-order valence-electron chi connectivity index (χ2n) is 5.51. The van der Waals surface area contributed by atoms with Crippen molar-refractivity contribution in [3.05, 3.63) is 35.3 Å². The SMILES string of the molecule is Cc1ccc(-c2ncccc2NC(=O)NC2CCS(=O)(=O)C2)s1. The molecule has 2 aromatic rings. The number of carbonyl (C=O) groups is 1. The van der Waals surface area contributed by atoms with Gasteiger partial charge in [-0.3, -0.25) is 4.98 Å². The summed E-state index contributed by atoms with van der Waals surface area (Å²) in [5, 5.41) is 5.49. The number of urea groups is 1. The maximum absolute atomic E-state index is 12.1. The van der Waals surface area contributed by atoms with Crippen molar-refractivity contribution >= 4 is 32.9 Å². The summed E-state index contributed by atoms with van der Waals surface area (Å²) in [6, 6.07) is 6.76. The van der Waals surface area contributed by atoms with E-state index in [1.165, 1.54) is 0 Å². The van der Waals surface area contributed by atoms with Gasteiger partial charge in [0.2, 0.25) is 0 Å². The standard InChI is InChI=1S/C15H17N3O3S2/c1-10-4-5-13(22-10)14-12(3-2-7-16-14)18-15(19)17-11-6-8-23(20,21)9-11/h2-5,7,11H,6,8-9H2,1H3,(H2,17,18,19). The van der Waals surface area contributed by atoms with Crippen LogP contribution >= 0.6 is 11.3 Å². The van der Waals surface area contributed by atoms with Gasteiger partial charge in [-0.2, -0.15) is 0 Å². The molecule has 1 saturated heterocycles. The van der Waals surface area contributed by atoms with Gasteiger partial charge in [0.25, 0.3) is 0 Å². The van der Waals surface area contributed by atoms with E-state index in [-0.39, 0.29) is 17.5 Å². The number of hydrogen-bond acceptors (Lipinski definition) is 5. The maximum atomic E-state index is 12.1. The number of aryl methyl sites for hydroxylation is 1. The minimum atomic E-state index is -3.02. The Bertz CT molecular complexity index is 830. The largest absolute Gasteiger partial charge is 0.334 e. The minimum absolute atomic E-state index is 0.00440. The van der Waals surface area contributed by atoms with E-state index in [0.29, 0.717) is 17.8 Å². The van der Waals surface area contributed by atoms with Crippen LogP contribution in [0.5, 0.6) is 0 Å². The first-order chi connectivity index (χ1) is 10.9. The molecule has 3 heterocycles. The molecule has 6 nitrogen and oxygen atoms in total. The number of nitrogens with zero attached hydrogens (tertiary/aromatic N) is 1. The molecule has 122 valence electrons. The first-order valence-electron chi connectivity index (χ1n) is 7.23. The van der Waals surface area contributed by atoms with Crippen LogP contribution in [0, 0.1) is 6.92 Å². The molecule has 1 fully saturated rings. The number of anilines is 1. The van der Waals surface area contributed by atoms with E-state index in [0.717, 1.165) is 9.75 Å². The Hall–Kier alpha value is -1.93. The highest BCUT2D eigenvalue weighted by atomic mass is 32.2. The summed E-state index contributed by atoms with van der Waals surface area (Å²) in [5.41, 5.74) is 1.31. The van der Waals surface area contributed by atoms with E-state index in [2.05, 4.69) is 15.6 Å². The van der Waals surface area contributed by atoms with Crippen molar-refractivity contribution in [2.45, 2.75) is 19.4 Å². The molecular weight excluding hydrogens is 334 g/mol. The highest BCUT2D eigenvalue weighted by molar-refractivity contribution is 7.91. The van der Waals surface area contributed by atoms with Crippen molar-refractivity contribution in [1.29, 1.82) is 0 Å². The number of nitrogens with one attached hydrogen (secondary N) is 2. The van der Waals surface area contributed by atoms with Crippen molar-refractivity contribution in [2.24, 2.45) is 0 Å². The Labute approximate surface area is 138 Å². The van der Waals surface area contributed by atoms with E-state index in [1.54, 1.807) is 29.7 Å². The van der Waals surface area contributed by atoms with E-state index in [9.17, 15) is 13.2 Å². The van der Waals surface area contributed by atoms with Crippen molar-refractivity contribution in [2.75, 3.05) is 16.8 Å². The summed E-state index contributed by atoms with van der Waals surface area (Å²) in [5.74, 6) is 0.134. The zero-order valence-corrected chi connectivity index (χ0v) is 14.2. The quantitative estimate of drug-likeness (QED) is 0.889. The van der Waals surface area contributed by atoms with Crippen LogP contribution in [0.3, 0.4) is 0 Å². The summed E-state index contributed by atoms with van der Waals surface area (Å²) < 4.78 is 22.9. The third-order valence-electron chi connectivity index (χ3n) is 3.60. The first kappa shape index (κ1) is 15.9. The molecule has 2 aromatic heterocycles. The lowest BCUT2D eigenvalue weighted by Gasteiger charge is -2.13. The zero-order chi connectivity index (χ0) is 16.4. The Morgan fingerprint density at radius 1 is 1.35 bits per heavy atom. The minimum Gasteiger partial charge on any atom is -0.334 e. The molecular formula is C15H17N3O3S2. The zero-order valence-electron chi connectivity index (χ0n) is 12.6. The molecule has 8 heteroatoms. The van der Waals surface area contributed by atoms with E-state index < -0.39 is 15.9 Å². The van der Waals surface area contributed by atoms with Gasteiger partial charge in [0.15, 0.2) is 9.84 Å². The molecule has 0 radical (unpaired) electrons. The monoisotopic (exact) mass is 351 g/mol. The van der Waals surface area contributed by atoms with Gasteiger partial charge in [0.05, 0.1) is 22.1 Å². The van der Waals surface area contributed by atoms with E-state index in [1.807, 2.05) is 19.1 Å². The van der Waals surface area contributed by atoms with Gasteiger partial charge in [-0.05, 0) is 37.6 Å². The molecule has 3 rings (SSSR count). The van der Waals surface area contributed by atoms with Gasteiger partial charge in [-0.1, -0.05) is 0 Å². The molecule has 1 unspecified atom stereocenters. The number of rotatable bonds is 3. The normalized spacial score (nSPS) is 19.4. The lowest BCUT2D eigenvalue weighted by molar-refractivity contribution is 0.249. The molecule has 0 aliphatic carbocycles. The predicted octanol–water partition coefficient (Wildman–Crippen LogP) is 2.43. The lowest BCUT2D eigenvalue weighted by Crippen LogP contribution is -2.38. The molecule has 2 N–H and O–H groups in total. The Morgan fingerprint density at radius 3 is 2.83 bits per heavy atom. The molecule has 0 spiro atoms. The highest BCUT2D eigenvalue weighted by Gasteiger charge is 2.29. The molecule has 2 amide bonds. The Balaban J connectivity index is 1.72. The number of amides is 2. The average Bonchev–Trinajstić information content (AvgIpc) is 3.05. The van der Waals surface area contributed by atoms with Crippen LogP contribution in [0.4, 0.5) is 10.5 Å². The third-order valence-corrected chi connectivity index (χ3v) is 6.37. The van der Waals surface area contributed by atoms with Crippen molar-refractivity contribution in [3.63, 3.8) is 0 Å². The van der Waals surface area contributed by atoms with Gasteiger partial charge in [-0.15, -0.1) is 11.3 Å². The average molecular weight is 351 g/mol. The van der Waals surface area contributed by atoms with Crippen LogP contribution in [0.25, 0.3) is 10.6 Å². The summed E-state index contributed by atoms with van der Waals surface area (Å²) in [7, 11) is -3.02. The maximum Gasteiger partial charge on any atom is 0.319 e. The Kier molecular flexibility index (Phi) is 4.36. The van der Waals surface area contributed by atoms with Crippen LogP contribution < -0.4 is 10.6 Å². The first-order valence-corrected chi connectivity index (χ1v) is 9.86. The molecule has 0 saturated carbocycles. The fourth-order valence-corrected chi connectivity index (χ4v) is 5.07. The number of aromatic nitrogens is 1. The van der Waals surface area contributed by atoms with Gasteiger partial charge < -0.3 is 10.6 Å².